The van der Waals surface area contributed by atoms with E-state index in [0.717, 1.165) is 6.42 Å². The second-order valence-corrected chi connectivity index (χ2v) is 8.64. The first-order valence-corrected chi connectivity index (χ1v) is 9.38. The molecule has 2 amide bonds. The minimum absolute atomic E-state index is 0.0868. The summed E-state index contributed by atoms with van der Waals surface area (Å²) in [5.41, 5.74) is 10.3. The van der Waals surface area contributed by atoms with Crippen LogP contribution in [0.2, 0.25) is 4.34 Å². The van der Waals surface area contributed by atoms with Crippen LogP contribution in [0, 0.1) is 5.92 Å². The molecule has 0 aliphatic rings. The monoisotopic (exact) mass is 367 g/mol. The molecule has 1 aromatic rings. The molecule has 22 heavy (non-hydrogen) atoms. The van der Waals surface area contributed by atoms with E-state index in [1.165, 1.54) is 24.3 Å². The summed E-state index contributed by atoms with van der Waals surface area (Å²) in [6.45, 7) is 5.65. The number of ketones is 1. The van der Waals surface area contributed by atoms with Crippen molar-refractivity contribution in [2.45, 2.75) is 38.1 Å². The average Bonchev–Trinajstić information content (AvgIpc) is 2.74. The lowest BCUT2D eigenvalue weighted by molar-refractivity contribution is -0.118. The Morgan fingerprint density at radius 1 is 1.50 bits per heavy atom. The first-order valence-electron chi connectivity index (χ1n) is 6.40. The number of hydrogen-bond donors (Lipinski definition) is 3. The Kier molecular flexibility index (Phi) is 8.69. The number of halogens is 1. The van der Waals surface area contributed by atoms with Crippen LogP contribution in [0.5, 0.6) is 0 Å². The van der Waals surface area contributed by atoms with Gasteiger partial charge in [-0.15, -0.1) is 11.3 Å². The average molecular weight is 368 g/mol. The van der Waals surface area contributed by atoms with Gasteiger partial charge in [0.25, 0.3) is 0 Å². The van der Waals surface area contributed by atoms with Crippen LogP contribution in [0.3, 0.4) is 0 Å². The number of thiophene rings is 1. The van der Waals surface area contributed by atoms with Crippen molar-refractivity contribution in [1.29, 1.82) is 0 Å². The summed E-state index contributed by atoms with van der Waals surface area (Å²) in [7, 11) is -2.84. The fourth-order valence-electron chi connectivity index (χ4n) is 1.36. The van der Waals surface area contributed by atoms with Gasteiger partial charge in [0.2, 0.25) is 0 Å². The highest BCUT2D eigenvalue weighted by molar-refractivity contribution is 7.99. The van der Waals surface area contributed by atoms with Crippen LogP contribution < -0.4 is 16.2 Å². The maximum absolute atomic E-state index is 11.6. The van der Waals surface area contributed by atoms with Gasteiger partial charge in [0.1, 0.15) is 5.78 Å². The van der Waals surface area contributed by atoms with E-state index in [-0.39, 0.29) is 11.8 Å². The number of Topliss-reactive ketones (excluding diaryl/α,β-unsaturated/α-hetero) is 1. The normalized spacial score (nSPS) is 14.5. The van der Waals surface area contributed by atoms with Gasteiger partial charge in [-0.3, -0.25) is 9.52 Å². The molecular formula is C13H22ClN3O3S2. The third kappa shape index (κ3) is 8.38. The summed E-state index contributed by atoms with van der Waals surface area (Å²) >= 11 is 6.84. The van der Waals surface area contributed by atoms with Crippen molar-refractivity contribution in [3.63, 3.8) is 0 Å². The number of nitrogens with one attached hydrogen (secondary N) is 1. The Balaban J connectivity index is 0.000000433. The largest absolute Gasteiger partial charge is 0.351 e. The number of rotatable bonds is 5. The topological polar surface area (TPSA) is 115 Å². The lowest BCUT2D eigenvalue weighted by atomic mass is 10.0. The Morgan fingerprint density at radius 3 is 2.32 bits per heavy atom. The molecule has 2 unspecified atom stereocenters. The molecule has 0 spiro atoms. The SMILES string of the molecule is C=S(=O)(NC(N)=O)c1csc(Cl)c1.CC(=O)C(N)CC(C)C. The minimum atomic E-state index is -2.84. The van der Waals surface area contributed by atoms with Crippen LogP contribution in [-0.2, 0) is 14.5 Å². The molecule has 1 heterocycles. The zero-order chi connectivity index (χ0) is 17.5. The first kappa shape index (κ1) is 20.9. The molecule has 2 atom stereocenters. The summed E-state index contributed by atoms with van der Waals surface area (Å²) in [4.78, 5) is 21.4. The van der Waals surface area contributed by atoms with Crippen molar-refractivity contribution in [3.8, 4) is 0 Å². The van der Waals surface area contributed by atoms with E-state index in [9.17, 15) is 13.8 Å². The molecule has 9 heteroatoms. The Bertz CT molecular complexity index is 612. The molecule has 0 bridgehead atoms. The molecule has 0 saturated heterocycles. The number of amides is 2. The van der Waals surface area contributed by atoms with Crippen LogP contribution in [-0.4, -0.2) is 27.9 Å². The van der Waals surface area contributed by atoms with E-state index < -0.39 is 15.7 Å². The number of hydrogen-bond acceptors (Lipinski definition) is 5. The second kappa shape index (κ2) is 9.14. The highest BCUT2D eigenvalue weighted by Gasteiger charge is 2.11. The highest BCUT2D eigenvalue weighted by atomic mass is 35.5. The molecule has 0 saturated carbocycles. The van der Waals surface area contributed by atoms with E-state index in [4.69, 9.17) is 23.1 Å². The molecule has 126 valence electrons. The molecule has 5 N–H and O–H groups in total. The van der Waals surface area contributed by atoms with Crippen LogP contribution in [0.1, 0.15) is 27.2 Å². The maximum Gasteiger partial charge on any atom is 0.323 e. The summed E-state index contributed by atoms with van der Waals surface area (Å²) < 4.78 is 14.2. The van der Waals surface area contributed by atoms with Crippen molar-refractivity contribution in [2.24, 2.45) is 17.4 Å². The molecule has 0 aliphatic carbocycles. The summed E-state index contributed by atoms with van der Waals surface area (Å²) in [6.07, 6.45) is 0.801. The molecular weight excluding hydrogens is 346 g/mol. The standard InChI is InChI=1S/C7H15NO.C6H7ClN2O2S2/c1-5(2)4-7(8)6(3)9;1-13(11,9-6(8)10)4-2-5(7)12-3-4/h5,7H,4,8H2,1-3H3;2-3H,1H2,(H3,8,9,10,11). The lowest BCUT2D eigenvalue weighted by Gasteiger charge is -2.08. The zero-order valence-electron chi connectivity index (χ0n) is 12.8. The Morgan fingerprint density at radius 2 is 2.05 bits per heavy atom. The van der Waals surface area contributed by atoms with Gasteiger partial charge in [-0.05, 0) is 31.2 Å². The molecule has 6 nitrogen and oxygen atoms in total. The van der Waals surface area contributed by atoms with Crippen LogP contribution >= 0.6 is 22.9 Å². The molecule has 0 radical (unpaired) electrons. The summed E-state index contributed by atoms with van der Waals surface area (Å²) in [5, 5.41) is 1.56. The van der Waals surface area contributed by atoms with Gasteiger partial charge in [-0.25, -0.2) is 9.00 Å². The number of carbonyl (C=O) groups is 2. The van der Waals surface area contributed by atoms with Gasteiger partial charge in [0, 0.05) is 5.38 Å². The molecule has 0 aliphatic heterocycles. The Hall–Kier alpha value is -1.09. The first-order chi connectivity index (χ1) is 9.95. The predicted octanol–water partition coefficient (Wildman–Crippen LogP) is 2.01. The number of primary amides is 1. The zero-order valence-corrected chi connectivity index (χ0v) is 15.2. The second-order valence-electron chi connectivity index (χ2n) is 5.07. The van der Waals surface area contributed by atoms with Crippen LogP contribution in [0.25, 0.3) is 0 Å². The quantitative estimate of drug-likeness (QED) is 0.690. The van der Waals surface area contributed by atoms with Crippen molar-refractivity contribution < 1.29 is 13.8 Å². The maximum atomic E-state index is 11.6. The van der Waals surface area contributed by atoms with Gasteiger partial charge in [-0.1, -0.05) is 25.4 Å². The predicted molar refractivity (Wildman–Crippen MR) is 93.7 cm³/mol. The Labute approximate surface area is 140 Å². The molecule has 0 fully saturated rings. The molecule has 0 aromatic carbocycles. The third-order valence-electron chi connectivity index (χ3n) is 2.44. The number of urea groups is 1. The van der Waals surface area contributed by atoms with Gasteiger partial charge < -0.3 is 11.5 Å². The van der Waals surface area contributed by atoms with Crippen LogP contribution in [0.15, 0.2) is 16.3 Å². The van der Waals surface area contributed by atoms with Crippen LogP contribution in [0.4, 0.5) is 4.79 Å². The van der Waals surface area contributed by atoms with E-state index in [0.29, 0.717) is 15.1 Å². The van der Waals surface area contributed by atoms with E-state index in [1.54, 1.807) is 5.38 Å². The third-order valence-corrected chi connectivity index (χ3v) is 5.21. The van der Waals surface area contributed by atoms with Gasteiger partial charge >= 0.3 is 6.03 Å². The molecule has 1 rings (SSSR count). The summed E-state index contributed by atoms with van der Waals surface area (Å²) in [5.74, 6) is 3.96. The highest BCUT2D eigenvalue weighted by Crippen LogP contribution is 2.23. The fraction of sp³-hybridized carbons (Fsp3) is 0.462. The molecule has 1 aromatic heterocycles. The lowest BCUT2D eigenvalue weighted by Crippen LogP contribution is -2.34. The van der Waals surface area contributed by atoms with Crippen molar-refractivity contribution >= 4 is 50.3 Å². The van der Waals surface area contributed by atoms with Gasteiger partial charge in [-0.2, -0.15) is 0 Å². The van der Waals surface area contributed by atoms with Crippen molar-refractivity contribution in [1.82, 2.24) is 4.72 Å². The van der Waals surface area contributed by atoms with Crippen molar-refractivity contribution in [2.75, 3.05) is 0 Å². The van der Waals surface area contributed by atoms with E-state index in [2.05, 4.69) is 24.4 Å². The van der Waals surface area contributed by atoms with E-state index >= 15 is 0 Å². The minimum Gasteiger partial charge on any atom is -0.351 e. The summed E-state index contributed by atoms with van der Waals surface area (Å²) in [6, 6.07) is 0.365. The number of carbonyl (C=O) groups excluding carboxylic acids is 2. The number of nitrogens with two attached hydrogens (primary N) is 2. The fourth-order valence-corrected chi connectivity index (χ4v) is 3.76. The van der Waals surface area contributed by atoms with Gasteiger partial charge in [0.15, 0.2) is 0 Å². The van der Waals surface area contributed by atoms with Crippen molar-refractivity contribution in [3.05, 3.63) is 15.8 Å². The van der Waals surface area contributed by atoms with E-state index in [1.807, 2.05) is 0 Å². The van der Waals surface area contributed by atoms with Gasteiger partial charge in [0.05, 0.1) is 25.0 Å². The smallest absolute Gasteiger partial charge is 0.323 e.